The highest BCUT2D eigenvalue weighted by Crippen LogP contribution is 2.23. The molecule has 8 nitrogen and oxygen atoms in total. The van der Waals surface area contributed by atoms with Crippen molar-refractivity contribution in [2.45, 2.75) is 31.8 Å². The first kappa shape index (κ1) is 20.8. The highest BCUT2D eigenvalue weighted by atomic mass is 19.1. The lowest BCUT2D eigenvalue weighted by Crippen LogP contribution is -2.45. The molecule has 1 saturated heterocycles. The standard InChI is InChI=1S/C22H25FN6O2/c1-27-21(30)10-8-19(25-27)24-14-18-7-2-3-12-28(18)20-9-11-22(31)29(26-20)15-16-5-4-6-17(23)13-16/h4-6,8-11,13,18H,2-3,7,12,14-15H2,1H3,(H,24,25). The first-order valence-electron chi connectivity index (χ1n) is 10.4. The number of anilines is 2. The quantitative estimate of drug-likeness (QED) is 0.652. The summed E-state index contributed by atoms with van der Waals surface area (Å²) in [5.74, 6) is 1.02. The van der Waals surface area contributed by atoms with Crippen LogP contribution in [0.1, 0.15) is 24.8 Å². The molecule has 0 spiro atoms. The van der Waals surface area contributed by atoms with Crippen LogP contribution in [0.3, 0.4) is 0 Å². The molecule has 0 radical (unpaired) electrons. The van der Waals surface area contributed by atoms with E-state index in [1.807, 2.05) is 0 Å². The fourth-order valence-corrected chi connectivity index (χ4v) is 3.85. The van der Waals surface area contributed by atoms with Gasteiger partial charge in [-0.3, -0.25) is 9.59 Å². The van der Waals surface area contributed by atoms with Gasteiger partial charge >= 0.3 is 0 Å². The van der Waals surface area contributed by atoms with Crippen molar-refractivity contribution in [2.24, 2.45) is 7.05 Å². The second kappa shape index (κ2) is 9.11. The molecule has 0 aliphatic carbocycles. The van der Waals surface area contributed by atoms with E-state index in [1.54, 1.807) is 31.3 Å². The Balaban J connectivity index is 1.52. The molecule has 31 heavy (non-hydrogen) atoms. The predicted molar refractivity (Wildman–Crippen MR) is 117 cm³/mol. The van der Waals surface area contributed by atoms with Gasteiger partial charge in [0.15, 0.2) is 0 Å². The van der Waals surface area contributed by atoms with Crippen molar-refractivity contribution < 1.29 is 4.39 Å². The SMILES string of the molecule is Cn1nc(NCC2CCCCN2c2ccc(=O)n(Cc3cccc(F)c3)n2)ccc1=O. The molecule has 1 aliphatic heterocycles. The van der Waals surface area contributed by atoms with Crippen LogP contribution in [0.25, 0.3) is 0 Å². The molecule has 1 unspecified atom stereocenters. The molecular weight excluding hydrogens is 399 g/mol. The van der Waals surface area contributed by atoms with Crippen LogP contribution in [0.15, 0.2) is 58.1 Å². The predicted octanol–water partition coefficient (Wildman–Crippen LogP) is 2.00. The maximum absolute atomic E-state index is 13.5. The Hall–Kier alpha value is -3.49. The van der Waals surface area contributed by atoms with Crippen molar-refractivity contribution in [3.63, 3.8) is 0 Å². The number of benzene rings is 1. The fraction of sp³-hybridized carbons (Fsp3) is 0.364. The molecule has 4 rings (SSSR count). The van der Waals surface area contributed by atoms with Crippen LogP contribution in [0.5, 0.6) is 0 Å². The molecule has 2 aromatic heterocycles. The van der Waals surface area contributed by atoms with Gasteiger partial charge in [0.05, 0.1) is 6.54 Å². The lowest BCUT2D eigenvalue weighted by Gasteiger charge is -2.36. The van der Waals surface area contributed by atoms with Crippen molar-refractivity contribution in [1.82, 2.24) is 19.6 Å². The van der Waals surface area contributed by atoms with Gasteiger partial charge in [0.2, 0.25) is 0 Å². The first-order chi connectivity index (χ1) is 15.0. The Morgan fingerprint density at radius 3 is 2.71 bits per heavy atom. The van der Waals surface area contributed by atoms with Gasteiger partial charge in [-0.15, -0.1) is 0 Å². The van der Waals surface area contributed by atoms with Gasteiger partial charge < -0.3 is 10.2 Å². The van der Waals surface area contributed by atoms with E-state index in [1.165, 1.54) is 33.6 Å². The van der Waals surface area contributed by atoms with Crippen LogP contribution in [0.2, 0.25) is 0 Å². The summed E-state index contributed by atoms with van der Waals surface area (Å²) < 4.78 is 16.2. The topological polar surface area (TPSA) is 85.1 Å². The third-order valence-corrected chi connectivity index (χ3v) is 5.47. The molecule has 3 heterocycles. The van der Waals surface area contributed by atoms with Crippen LogP contribution in [0.4, 0.5) is 16.0 Å². The maximum atomic E-state index is 13.5. The summed E-state index contributed by atoms with van der Waals surface area (Å²) in [4.78, 5) is 26.1. The number of aryl methyl sites for hydroxylation is 1. The van der Waals surface area contributed by atoms with Crippen LogP contribution < -0.4 is 21.3 Å². The van der Waals surface area contributed by atoms with Gasteiger partial charge in [0.25, 0.3) is 11.1 Å². The zero-order chi connectivity index (χ0) is 21.8. The largest absolute Gasteiger partial charge is 0.367 e. The molecule has 0 bridgehead atoms. The fourth-order valence-electron chi connectivity index (χ4n) is 3.85. The molecule has 1 aliphatic rings. The first-order valence-corrected chi connectivity index (χ1v) is 10.4. The van der Waals surface area contributed by atoms with Crippen molar-refractivity contribution in [3.05, 3.63) is 80.6 Å². The number of aromatic nitrogens is 4. The Kier molecular flexibility index (Phi) is 6.11. The zero-order valence-corrected chi connectivity index (χ0v) is 17.4. The molecule has 162 valence electrons. The smallest absolute Gasteiger partial charge is 0.267 e. The van der Waals surface area contributed by atoms with E-state index >= 15 is 0 Å². The Bertz CT molecular complexity index is 1170. The number of hydrogen-bond donors (Lipinski definition) is 1. The van der Waals surface area contributed by atoms with Crippen LogP contribution >= 0.6 is 0 Å². The van der Waals surface area contributed by atoms with Gasteiger partial charge in [0, 0.05) is 38.3 Å². The summed E-state index contributed by atoms with van der Waals surface area (Å²) in [6.07, 6.45) is 3.12. The molecule has 9 heteroatoms. The van der Waals surface area contributed by atoms with Crippen molar-refractivity contribution in [1.29, 1.82) is 0 Å². The molecule has 1 fully saturated rings. The summed E-state index contributed by atoms with van der Waals surface area (Å²) >= 11 is 0. The molecule has 0 amide bonds. The van der Waals surface area contributed by atoms with E-state index in [9.17, 15) is 14.0 Å². The number of nitrogens with one attached hydrogen (secondary N) is 1. The second-order valence-electron chi connectivity index (χ2n) is 7.72. The number of hydrogen-bond acceptors (Lipinski definition) is 6. The Labute approximate surface area is 178 Å². The number of halogens is 1. The van der Waals surface area contributed by atoms with E-state index in [0.717, 1.165) is 31.6 Å². The Morgan fingerprint density at radius 2 is 1.90 bits per heavy atom. The number of nitrogens with zero attached hydrogens (tertiary/aromatic N) is 5. The molecular formula is C22H25FN6O2. The van der Waals surface area contributed by atoms with Crippen LogP contribution in [0, 0.1) is 5.82 Å². The molecule has 0 saturated carbocycles. The summed E-state index contributed by atoms with van der Waals surface area (Å²) in [7, 11) is 1.62. The minimum Gasteiger partial charge on any atom is -0.367 e. The van der Waals surface area contributed by atoms with Gasteiger partial charge in [-0.05, 0) is 49.1 Å². The van der Waals surface area contributed by atoms with E-state index in [4.69, 9.17) is 0 Å². The van der Waals surface area contributed by atoms with Crippen molar-refractivity contribution >= 4 is 11.6 Å². The van der Waals surface area contributed by atoms with Gasteiger partial charge in [-0.1, -0.05) is 12.1 Å². The van der Waals surface area contributed by atoms with Gasteiger partial charge in [0.1, 0.15) is 17.5 Å². The average molecular weight is 424 g/mol. The highest BCUT2D eigenvalue weighted by molar-refractivity contribution is 5.41. The third-order valence-electron chi connectivity index (χ3n) is 5.47. The zero-order valence-electron chi connectivity index (χ0n) is 17.4. The molecule has 1 atom stereocenters. The summed E-state index contributed by atoms with van der Waals surface area (Å²) in [6, 6.07) is 12.8. The maximum Gasteiger partial charge on any atom is 0.267 e. The summed E-state index contributed by atoms with van der Waals surface area (Å²) in [6.45, 7) is 1.68. The monoisotopic (exact) mass is 424 g/mol. The highest BCUT2D eigenvalue weighted by Gasteiger charge is 2.24. The van der Waals surface area contributed by atoms with Gasteiger partial charge in [-0.25, -0.2) is 13.8 Å². The minimum atomic E-state index is -0.337. The van der Waals surface area contributed by atoms with Crippen molar-refractivity contribution in [3.8, 4) is 0 Å². The van der Waals surface area contributed by atoms with Crippen LogP contribution in [-0.2, 0) is 13.6 Å². The van der Waals surface area contributed by atoms with E-state index in [2.05, 4.69) is 20.4 Å². The summed E-state index contributed by atoms with van der Waals surface area (Å²) in [5.41, 5.74) is 0.299. The Morgan fingerprint density at radius 1 is 1.06 bits per heavy atom. The summed E-state index contributed by atoms with van der Waals surface area (Å²) in [5, 5.41) is 12.1. The van der Waals surface area contributed by atoms with E-state index in [-0.39, 0.29) is 29.5 Å². The lowest BCUT2D eigenvalue weighted by molar-refractivity contribution is 0.462. The number of rotatable bonds is 6. The lowest BCUT2D eigenvalue weighted by atomic mass is 10.0. The normalized spacial score (nSPS) is 16.3. The van der Waals surface area contributed by atoms with Crippen LogP contribution in [-0.4, -0.2) is 38.7 Å². The average Bonchev–Trinajstić information content (AvgIpc) is 2.76. The van der Waals surface area contributed by atoms with Gasteiger partial charge in [-0.2, -0.15) is 10.2 Å². The molecule has 1 N–H and O–H groups in total. The van der Waals surface area contributed by atoms with E-state index < -0.39 is 0 Å². The molecule has 1 aromatic carbocycles. The third kappa shape index (κ3) is 4.99. The van der Waals surface area contributed by atoms with E-state index in [0.29, 0.717) is 17.9 Å². The molecule has 3 aromatic rings. The minimum absolute atomic E-state index is 0.158. The number of piperidine rings is 1. The van der Waals surface area contributed by atoms with Crippen molar-refractivity contribution in [2.75, 3.05) is 23.3 Å². The second-order valence-corrected chi connectivity index (χ2v) is 7.72.